The summed E-state index contributed by atoms with van der Waals surface area (Å²) in [4.78, 5) is 14.3. The Hall–Kier alpha value is -3.34. The van der Waals surface area contributed by atoms with E-state index in [2.05, 4.69) is 4.98 Å². The summed E-state index contributed by atoms with van der Waals surface area (Å²) in [5, 5.41) is 19.8. The molecule has 0 saturated carbocycles. The van der Waals surface area contributed by atoms with E-state index in [1.165, 1.54) is 18.2 Å². The number of fused-ring (bicyclic) bond motifs is 2. The zero-order valence-corrected chi connectivity index (χ0v) is 10.7. The van der Waals surface area contributed by atoms with Crippen LogP contribution >= 0.6 is 0 Å². The van der Waals surface area contributed by atoms with E-state index in [0.717, 1.165) is 0 Å². The van der Waals surface area contributed by atoms with Crippen LogP contribution in [0.2, 0.25) is 0 Å². The second-order valence-electron chi connectivity index (χ2n) is 4.51. The quantitative estimate of drug-likeness (QED) is 0.511. The predicted molar refractivity (Wildman–Crippen MR) is 73.8 cm³/mol. The summed E-state index contributed by atoms with van der Waals surface area (Å²) in [7, 11) is 0. The van der Waals surface area contributed by atoms with Crippen LogP contribution in [0.5, 0.6) is 11.6 Å². The number of hydrogen-bond donors (Lipinski definition) is 2. The Morgan fingerprint density at radius 2 is 2.19 bits per heavy atom. The van der Waals surface area contributed by atoms with Crippen molar-refractivity contribution < 1.29 is 9.66 Å². The Labute approximate surface area is 118 Å². The van der Waals surface area contributed by atoms with Gasteiger partial charge < -0.3 is 16.2 Å². The lowest BCUT2D eigenvalue weighted by atomic mass is 9.99. The third-order valence-corrected chi connectivity index (χ3v) is 3.27. The molecule has 2 aromatic rings. The first-order chi connectivity index (χ1) is 10.0. The van der Waals surface area contributed by atoms with Crippen molar-refractivity contribution in [3.63, 3.8) is 0 Å². The van der Waals surface area contributed by atoms with Crippen molar-refractivity contribution in [1.82, 2.24) is 4.98 Å². The van der Waals surface area contributed by atoms with E-state index in [-0.39, 0.29) is 28.6 Å². The fourth-order valence-electron chi connectivity index (χ4n) is 2.22. The molecule has 8 heteroatoms. The molecule has 0 atom stereocenters. The Morgan fingerprint density at radius 3 is 2.86 bits per heavy atom. The average molecular weight is 283 g/mol. The molecular weight excluding hydrogens is 274 g/mol. The monoisotopic (exact) mass is 283 g/mol. The molecule has 1 aliphatic rings. The van der Waals surface area contributed by atoms with Gasteiger partial charge in [-0.3, -0.25) is 10.1 Å². The number of hydrogen-bond acceptors (Lipinski definition) is 7. The average Bonchev–Trinajstić information content (AvgIpc) is 2.45. The Kier molecular flexibility index (Phi) is 2.62. The normalized spacial score (nSPS) is 11.8. The van der Waals surface area contributed by atoms with Crippen LogP contribution in [0.4, 0.5) is 17.2 Å². The minimum atomic E-state index is -0.485. The van der Waals surface area contributed by atoms with Gasteiger partial charge in [0.2, 0.25) is 5.88 Å². The molecule has 1 aromatic carbocycles. The SMILES string of the molecule is N#Cc1c(N)nc2c(c1N)Cc1cc([N+](=O)[O-])ccc1O2. The lowest BCUT2D eigenvalue weighted by molar-refractivity contribution is -0.384. The predicted octanol–water partition coefficient (Wildman–Crippen LogP) is 1.72. The highest BCUT2D eigenvalue weighted by molar-refractivity contribution is 5.72. The van der Waals surface area contributed by atoms with Gasteiger partial charge in [-0.2, -0.15) is 10.2 Å². The fraction of sp³-hybridized carbons (Fsp3) is 0.0769. The minimum Gasteiger partial charge on any atom is -0.438 e. The van der Waals surface area contributed by atoms with Gasteiger partial charge in [-0.05, 0) is 6.07 Å². The maximum atomic E-state index is 10.8. The second-order valence-corrected chi connectivity index (χ2v) is 4.51. The van der Waals surface area contributed by atoms with Gasteiger partial charge in [0.25, 0.3) is 5.69 Å². The number of pyridine rings is 1. The molecule has 4 N–H and O–H groups in total. The van der Waals surface area contributed by atoms with Gasteiger partial charge in [0.15, 0.2) is 0 Å². The number of nitro benzene ring substituents is 1. The van der Waals surface area contributed by atoms with E-state index in [1.807, 2.05) is 6.07 Å². The number of nitriles is 1. The first-order valence-electron chi connectivity index (χ1n) is 5.94. The van der Waals surface area contributed by atoms with Gasteiger partial charge in [-0.15, -0.1) is 0 Å². The van der Waals surface area contributed by atoms with E-state index in [0.29, 0.717) is 23.3 Å². The molecule has 2 heterocycles. The Balaban J connectivity index is 2.14. The number of nitro groups is 1. The van der Waals surface area contributed by atoms with Crippen LogP contribution in [0, 0.1) is 21.4 Å². The third kappa shape index (κ3) is 1.88. The summed E-state index contributed by atoms with van der Waals surface area (Å²) >= 11 is 0. The van der Waals surface area contributed by atoms with Crippen LogP contribution in [0.3, 0.4) is 0 Å². The first kappa shape index (κ1) is 12.7. The molecule has 0 unspecified atom stereocenters. The largest absolute Gasteiger partial charge is 0.438 e. The highest BCUT2D eigenvalue weighted by Gasteiger charge is 2.25. The van der Waals surface area contributed by atoms with Crippen molar-refractivity contribution in [2.45, 2.75) is 6.42 Å². The standard InChI is InChI=1S/C13H9N5O3/c14-5-9-11(15)8-4-6-3-7(18(19)20)1-2-10(6)21-13(8)17-12(9)16/h1-3H,4H2,(H4,15,16,17). The number of ether oxygens (including phenoxy) is 1. The second kappa shape index (κ2) is 4.35. The molecule has 0 fully saturated rings. The first-order valence-corrected chi connectivity index (χ1v) is 5.94. The maximum Gasteiger partial charge on any atom is 0.269 e. The van der Waals surface area contributed by atoms with Crippen molar-refractivity contribution in [3.05, 3.63) is 45.0 Å². The number of benzene rings is 1. The number of aromatic nitrogens is 1. The zero-order valence-electron chi connectivity index (χ0n) is 10.7. The molecule has 0 saturated heterocycles. The molecule has 8 nitrogen and oxygen atoms in total. The van der Waals surface area contributed by atoms with Crippen LogP contribution in [-0.4, -0.2) is 9.91 Å². The van der Waals surface area contributed by atoms with Crippen molar-refractivity contribution >= 4 is 17.2 Å². The molecule has 0 aliphatic carbocycles. The summed E-state index contributed by atoms with van der Waals surface area (Å²) < 4.78 is 5.57. The van der Waals surface area contributed by atoms with Gasteiger partial charge in [0.1, 0.15) is 23.2 Å². The van der Waals surface area contributed by atoms with Gasteiger partial charge in [-0.1, -0.05) is 0 Å². The highest BCUT2D eigenvalue weighted by Crippen LogP contribution is 2.41. The summed E-state index contributed by atoms with van der Waals surface area (Å²) in [6.45, 7) is 0. The highest BCUT2D eigenvalue weighted by atomic mass is 16.6. The molecule has 1 aliphatic heterocycles. The summed E-state index contributed by atoms with van der Waals surface area (Å²) in [6.07, 6.45) is 0.292. The van der Waals surface area contributed by atoms with Gasteiger partial charge in [0.05, 0.1) is 10.6 Å². The molecular formula is C13H9N5O3. The minimum absolute atomic E-state index is 0.000823. The molecule has 0 amide bonds. The molecule has 104 valence electrons. The van der Waals surface area contributed by atoms with Gasteiger partial charge in [-0.25, -0.2) is 0 Å². The molecule has 21 heavy (non-hydrogen) atoms. The van der Waals surface area contributed by atoms with E-state index in [1.54, 1.807) is 0 Å². The number of rotatable bonds is 1. The van der Waals surface area contributed by atoms with Crippen LogP contribution in [0.25, 0.3) is 0 Å². The number of nitrogen functional groups attached to an aromatic ring is 2. The van der Waals surface area contributed by atoms with E-state index >= 15 is 0 Å². The number of non-ortho nitro benzene ring substituents is 1. The fourth-order valence-corrected chi connectivity index (χ4v) is 2.22. The topological polar surface area (TPSA) is 141 Å². The lowest BCUT2D eigenvalue weighted by Crippen LogP contribution is -2.12. The summed E-state index contributed by atoms with van der Waals surface area (Å²) in [5.74, 6) is 0.688. The molecule has 0 spiro atoms. The smallest absolute Gasteiger partial charge is 0.269 e. The summed E-state index contributed by atoms with van der Waals surface area (Å²) in [5.41, 5.74) is 12.9. The van der Waals surface area contributed by atoms with E-state index in [4.69, 9.17) is 21.5 Å². The van der Waals surface area contributed by atoms with Crippen LogP contribution < -0.4 is 16.2 Å². The van der Waals surface area contributed by atoms with Crippen molar-refractivity contribution in [3.8, 4) is 17.7 Å². The van der Waals surface area contributed by atoms with Crippen LogP contribution in [-0.2, 0) is 6.42 Å². The van der Waals surface area contributed by atoms with E-state index < -0.39 is 4.92 Å². The maximum absolute atomic E-state index is 10.8. The lowest BCUT2D eigenvalue weighted by Gasteiger charge is -2.21. The number of nitrogens with zero attached hydrogens (tertiary/aromatic N) is 3. The van der Waals surface area contributed by atoms with Gasteiger partial charge >= 0.3 is 0 Å². The van der Waals surface area contributed by atoms with Gasteiger partial charge in [0, 0.05) is 29.7 Å². The van der Waals surface area contributed by atoms with Crippen LogP contribution in [0.1, 0.15) is 16.7 Å². The van der Waals surface area contributed by atoms with Crippen molar-refractivity contribution in [1.29, 1.82) is 5.26 Å². The van der Waals surface area contributed by atoms with E-state index in [9.17, 15) is 10.1 Å². The van der Waals surface area contributed by atoms with Crippen molar-refractivity contribution in [2.75, 3.05) is 11.5 Å². The van der Waals surface area contributed by atoms with Crippen molar-refractivity contribution in [2.24, 2.45) is 0 Å². The number of nitrogens with two attached hydrogens (primary N) is 2. The Bertz CT molecular complexity index is 826. The summed E-state index contributed by atoms with van der Waals surface area (Å²) in [6, 6.07) is 6.16. The molecule has 3 rings (SSSR count). The van der Waals surface area contributed by atoms with Crippen LogP contribution in [0.15, 0.2) is 18.2 Å². The molecule has 0 radical (unpaired) electrons. The Morgan fingerprint density at radius 1 is 1.43 bits per heavy atom. The number of anilines is 2. The molecule has 0 bridgehead atoms. The third-order valence-electron chi connectivity index (χ3n) is 3.27. The zero-order chi connectivity index (χ0) is 15.1. The molecule has 1 aromatic heterocycles.